The zero-order valence-electron chi connectivity index (χ0n) is 12.4. The van der Waals surface area contributed by atoms with Crippen LogP contribution in [0.4, 0.5) is 0 Å². The topological polar surface area (TPSA) is 26.3 Å². The van der Waals surface area contributed by atoms with Crippen molar-refractivity contribution in [2.45, 2.75) is 45.4 Å². The van der Waals surface area contributed by atoms with Crippen molar-refractivity contribution in [2.24, 2.45) is 0 Å². The van der Waals surface area contributed by atoms with E-state index in [1.54, 1.807) is 24.3 Å². The summed E-state index contributed by atoms with van der Waals surface area (Å²) in [5, 5.41) is 0.971. The standard InChI is InChI=1S/C17H22Cl2O2/c1-2-3-4-5-6-7-12-21-17(20)11-9-14-8-10-15(18)16(19)13-14/h8-11,13H,2-7,12H2,1H3. The molecule has 116 valence electrons. The van der Waals surface area contributed by atoms with E-state index in [4.69, 9.17) is 27.9 Å². The normalized spacial score (nSPS) is 11.0. The molecule has 0 bridgehead atoms. The summed E-state index contributed by atoms with van der Waals surface area (Å²) in [5.74, 6) is -0.324. The van der Waals surface area contributed by atoms with Crippen LogP contribution in [0.25, 0.3) is 6.08 Å². The summed E-state index contributed by atoms with van der Waals surface area (Å²) in [5.41, 5.74) is 0.820. The van der Waals surface area contributed by atoms with Crippen LogP contribution < -0.4 is 0 Å². The fourth-order valence-corrected chi connectivity index (χ4v) is 2.19. The van der Waals surface area contributed by atoms with Gasteiger partial charge in [-0.15, -0.1) is 0 Å². The lowest BCUT2D eigenvalue weighted by Gasteiger charge is -2.02. The lowest BCUT2D eigenvalue weighted by Crippen LogP contribution is -2.02. The van der Waals surface area contributed by atoms with Crippen molar-refractivity contribution in [2.75, 3.05) is 6.61 Å². The number of unbranched alkanes of at least 4 members (excludes halogenated alkanes) is 5. The first-order chi connectivity index (χ1) is 10.1. The van der Waals surface area contributed by atoms with Crippen LogP contribution in [0, 0.1) is 0 Å². The van der Waals surface area contributed by atoms with Crippen LogP contribution in [0.2, 0.25) is 10.0 Å². The van der Waals surface area contributed by atoms with E-state index in [-0.39, 0.29) is 5.97 Å². The Balaban J connectivity index is 2.21. The molecule has 0 aliphatic rings. The van der Waals surface area contributed by atoms with E-state index in [1.165, 1.54) is 31.8 Å². The minimum absolute atomic E-state index is 0.324. The summed E-state index contributed by atoms with van der Waals surface area (Å²) in [6, 6.07) is 5.21. The maximum Gasteiger partial charge on any atom is 0.330 e. The first-order valence-electron chi connectivity index (χ1n) is 7.43. The number of ether oxygens (including phenoxy) is 1. The Morgan fingerprint density at radius 3 is 2.52 bits per heavy atom. The minimum Gasteiger partial charge on any atom is -0.463 e. The zero-order valence-corrected chi connectivity index (χ0v) is 13.9. The molecule has 0 saturated carbocycles. The Hall–Kier alpha value is -0.990. The van der Waals surface area contributed by atoms with Crippen LogP contribution in [-0.2, 0) is 9.53 Å². The number of carbonyl (C=O) groups excluding carboxylic acids is 1. The molecule has 0 amide bonds. The summed E-state index contributed by atoms with van der Waals surface area (Å²) < 4.78 is 5.14. The number of carbonyl (C=O) groups is 1. The molecule has 1 aromatic rings. The molecular formula is C17H22Cl2O2. The first-order valence-corrected chi connectivity index (χ1v) is 8.19. The van der Waals surface area contributed by atoms with Gasteiger partial charge in [-0.1, -0.05) is 68.3 Å². The molecule has 0 N–H and O–H groups in total. The SMILES string of the molecule is CCCCCCCCOC(=O)C=Cc1ccc(Cl)c(Cl)c1. The molecule has 1 rings (SSSR count). The van der Waals surface area contributed by atoms with E-state index in [2.05, 4.69) is 6.92 Å². The molecule has 2 nitrogen and oxygen atoms in total. The third kappa shape index (κ3) is 8.13. The highest BCUT2D eigenvalue weighted by atomic mass is 35.5. The summed E-state index contributed by atoms with van der Waals surface area (Å²) in [6.45, 7) is 2.68. The van der Waals surface area contributed by atoms with Crippen molar-refractivity contribution >= 4 is 35.2 Å². The van der Waals surface area contributed by atoms with Crippen molar-refractivity contribution < 1.29 is 9.53 Å². The van der Waals surface area contributed by atoms with Crippen molar-refractivity contribution in [3.05, 3.63) is 39.9 Å². The van der Waals surface area contributed by atoms with Crippen LogP contribution in [-0.4, -0.2) is 12.6 Å². The average molecular weight is 329 g/mol. The highest BCUT2D eigenvalue weighted by Crippen LogP contribution is 2.23. The molecule has 0 saturated heterocycles. The number of benzene rings is 1. The highest BCUT2D eigenvalue weighted by molar-refractivity contribution is 6.42. The second-order valence-electron chi connectivity index (χ2n) is 4.94. The van der Waals surface area contributed by atoms with Crippen LogP contribution in [0.1, 0.15) is 51.0 Å². The Morgan fingerprint density at radius 1 is 1.10 bits per heavy atom. The molecule has 0 atom stereocenters. The van der Waals surface area contributed by atoms with Crippen molar-refractivity contribution in [3.8, 4) is 0 Å². The van der Waals surface area contributed by atoms with Crippen LogP contribution >= 0.6 is 23.2 Å². The van der Waals surface area contributed by atoms with Gasteiger partial charge in [0.2, 0.25) is 0 Å². The number of halogens is 2. The number of esters is 1. The largest absolute Gasteiger partial charge is 0.463 e. The monoisotopic (exact) mass is 328 g/mol. The van der Waals surface area contributed by atoms with Gasteiger partial charge in [0.25, 0.3) is 0 Å². The Bertz CT molecular complexity index is 470. The number of hydrogen-bond acceptors (Lipinski definition) is 2. The van der Waals surface area contributed by atoms with Gasteiger partial charge >= 0.3 is 5.97 Å². The molecule has 0 aliphatic heterocycles. The quantitative estimate of drug-likeness (QED) is 0.320. The third-order valence-corrected chi connectivity index (χ3v) is 3.84. The second kappa shape index (κ2) is 10.7. The van der Waals surface area contributed by atoms with Crippen molar-refractivity contribution in [1.29, 1.82) is 0 Å². The second-order valence-corrected chi connectivity index (χ2v) is 5.76. The summed E-state index contributed by atoms with van der Waals surface area (Å²) in [7, 11) is 0. The minimum atomic E-state index is -0.324. The Kier molecular flexibility index (Phi) is 9.20. The molecule has 21 heavy (non-hydrogen) atoms. The van der Waals surface area contributed by atoms with E-state index < -0.39 is 0 Å². The van der Waals surface area contributed by atoms with Crippen LogP contribution in [0.5, 0.6) is 0 Å². The molecular weight excluding hydrogens is 307 g/mol. The van der Waals surface area contributed by atoms with Gasteiger partial charge in [-0.3, -0.25) is 0 Å². The van der Waals surface area contributed by atoms with Gasteiger partial charge in [0, 0.05) is 6.08 Å². The van der Waals surface area contributed by atoms with Gasteiger partial charge in [-0.25, -0.2) is 4.79 Å². The van der Waals surface area contributed by atoms with E-state index >= 15 is 0 Å². The Morgan fingerprint density at radius 2 is 1.81 bits per heavy atom. The number of hydrogen-bond donors (Lipinski definition) is 0. The van der Waals surface area contributed by atoms with Gasteiger partial charge in [0.05, 0.1) is 16.7 Å². The van der Waals surface area contributed by atoms with Gasteiger partial charge in [-0.05, 0) is 30.2 Å². The molecule has 0 radical (unpaired) electrons. The fraction of sp³-hybridized carbons (Fsp3) is 0.471. The van der Waals surface area contributed by atoms with Crippen LogP contribution in [0.3, 0.4) is 0 Å². The maximum atomic E-state index is 11.5. The average Bonchev–Trinajstić information content (AvgIpc) is 2.47. The maximum absolute atomic E-state index is 11.5. The predicted octanol–water partition coefficient (Wildman–Crippen LogP) is 5.91. The molecule has 0 aliphatic carbocycles. The third-order valence-electron chi connectivity index (χ3n) is 3.10. The van der Waals surface area contributed by atoms with E-state index in [1.807, 2.05) is 0 Å². The van der Waals surface area contributed by atoms with E-state index in [0.717, 1.165) is 18.4 Å². The highest BCUT2D eigenvalue weighted by Gasteiger charge is 1.99. The summed E-state index contributed by atoms with van der Waals surface area (Å²) >= 11 is 11.7. The van der Waals surface area contributed by atoms with E-state index in [9.17, 15) is 4.79 Å². The summed E-state index contributed by atoms with van der Waals surface area (Å²) in [4.78, 5) is 11.5. The molecule has 0 aromatic heterocycles. The molecule has 4 heteroatoms. The van der Waals surface area contributed by atoms with Gasteiger partial charge in [-0.2, -0.15) is 0 Å². The first kappa shape index (κ1) is 18.1. The van der Waals surface area contributed by atoms with Crippen molar-refractivity contribution in [1.82, 2.24) is 0 Å². The fourth-order valence-electron chi connectivity index (χ4n) is 1.88. The van der Waals surface area contributed by atoms with Crippen molar-refractivity contribution in [3.63, 3.8) is 0 Å². The zero-order chi connectivity index (χ0) is 15.5. The van der Waals surface area contributed by atoms with Crippen LogP contribution in [0.15, 0.2) is 24.3 Å². The molecule has 0 heterocycles. The molecule has 0 fully saturated rings. The number of rotatable bonds is 9. The van der Waals surface area contributed by atoms with Gasteiger partial charge in [0.1, 0.15) is 0 Å². The van der Waals surface area contributed by atoms with Gasteiger partial charge in [0.15, 0.2) is 0 Å². The lowest BCUT2D eigenvalue weighted by molar-refractivity contribution is -0.137. The molecule has 1 aromatic carbocycles. The molecule has 0 unspecified atom stereocenters. The Labute approximate surface area is 137 Å². The van der Waals surface area contributed by atoms with Gasteiger partial charge < -0.3 is 4.74 Å². The van der Waals surface area contributed by atoms with E-state index in [0.29, 0.717) is 16.7 Å². The predicted molar refractivity (Wildman–Crippen MR) is 89.8 cm³/mol. The smallest absolute Gasteiger partial charge is 0.330 e. The summed E-state index contributed by atoms with van der Waals surface area (Å²) in [6.07, 6.45) is 10.1. The molecule has 0 spiro atoms. The lowest BCUT2D eigenvalue weighted by atomic mass is 10.1.